The van der Waals surface area contributed by atoms with Crippen molar-refractivity contribution in [2.45, 2.75) is 19.9 Å². The average Bonchev–Trinajstić information content (AvgIpc) is 2.24. The zero-order valence-corrected chi connectivity index (χ0v) is 12.3. The molecule has 1 aromatic carbocycles. The van der Waals surface area contributed by atoms with Crippen molar-refractivity contribution in [1.82, 2.24) is 4.90 Å². The Morgan fingerprint density at radius 2 is 2.06 bits per heavy atom. The highest BCUT2D eigenvalue weighted by Crippen LogP contribution is 2.32. The third-order valence-electron chi connectivity index (χ3n) is 3.48. The number of hydrogen-bond acceptors (Lipinski definition) is 3. The smallest absolute Gasteiger partial charge is 0.0518 e. The predicted octanol–water partition coefficient (Wildman–Crippen LogP) is 2.48. The Morgan fingerprint density at radius 3 is 2.71 bits per heavy atom. The van der Waals surface area contributed by atoms with Crippen LogP contribution in [0, 0.1) is 6.92 Å². The lowest BCUT2D eigenvalue weighted by Crippen LogP contribution is -2.50. The maximum atomic E-state index is 5.92. The molecule has 4 heteroatoms. The molecule has 0 radical (unpaired) electrons. The average molecular weight is 298 g/mol. The minimum atomic E-state index is 0.535. The molecule has 2 N–H and O–H groups in total. The summed E-state index contributed by atoms with van der Waals surface area (Å²) in [6.45, 7) is 7.62. The van der Waals surface area contributed by atoms with E-state index in [0.717, 1.165) is 35.4 Å². The standard InChI is InChI=1S/C13H20BrN3/c1-9-6-13(11(14)7-12(9)15)17-5-4-16(3)8-10(17)2/h6-7,10H,4-5,8,15H2,1-3H3. The van der Waals surface area contributed by atoms with Crippen LogP contribution >= 0.6 is 15.9 Å². The van der Waals surface area contributed by atoms with Gasteiger partial charge in [-0.3, -0.25) is 0 Å². The molecular weight excluding hydrogens is 278 g/mol. The zero-order chi connectivity index (χ0) is 12.6. The van der Waals surface area contributed by atoms with Gasteiger partial charge < -0.3 is 15.5 Å². The minimum absolute atomic E-state index is 0.535. The van der Waals surface area contributed by atoms with Gasteiger partial charge in [0.1, 0.15) is 0 Å². The quantitative estimate of drug-likeness (QED) is 0.809. The second-order valence-electron chi connectivity index (χ2n) is 4.96. The van der Waals surface area contributed by atoms with Crippen LogP contribution in [0.4, 0.5) is 11.4 Å². The first-order chi connectivity index (χ1) is 7.99. The first-order valence-electron chi connectivity index (χ1n) is 6.00. The molecule has 94 valence electrons. The van der Waals surface area contributed by atoms with E-state index in [1.54, 1.807) is 0 Å². The SMILES string of the molecule is Cc1cc(N2CCN(C)CC2C)c(Br)cc1N. The second-order valence-corrected chi connectivity index (χ2v) is 5.82. The summed E-state index contributed by atoms with van der Waals surface area (Å²) in [5, 5.41) is 0. The van der Waals surface area contributed by atoms with E-state index in [1.807, 2.05) is 6.07 Å². The van der Waals surface area contributed by atoms with Crippen LogP contribution in [-0.2, 0) is 0 Å². The number of hydrogen-bond donors (Lipinski definition) is 1. The molecule has 0 aromatic heterocycles. The lowest BCUT2D eigenvalue weighted by Gasteiger charge is -2.40. The fraction of sp³-hybridized carbons (Fsp3) is 0.538. The van der Waals surface area contributed by atoms with Crippen LogP contribution in [0.1, 0.15) is 12.5 Å². The normalized spacial score (nSPS) is 21.9. The van der Waals surface area contributed by atoms with E-state index in [1.165, 1.54) is 5.69 Å². The van der Waals surface area contributed by atoms with Crippen molar-refractivity contribution in [1.29, 1.82) is 0 Å². The molecule has 1 saturated heterocycles. The van der Waals surface area contributed by atoms with Gasteiger partial charge in [0, 0.05) is 35.8 Å². The Bertz CT molecular complexity index is 419. The van der Waals surface area contributed by atoms with E-state index < -0.39 is 0 Å². The molecule has 0 spiro atoms. The van der Waals surface area contributed by atoms with Crippen LogP contribution in [-0.4, -0.2) is 37.6 Å². The molecule has 1 unspecified atom stereocenters. The molecule has 0 aliphatic carbocycles. The van der Waals surface area contributed by atoms with Gasteiger partial charge in [0.05, 0.1) is 5.69 Å². The molecule has 1 heterocycles. The fourth-order valence-electron chi connectivity index (χ4n) is 2.40. The molecule has 2 rings (SSSR count). The maximum Gasteiger partial charge on any atom is 0.0518 e. The van der Waals surface area contributed by atoms with Gasteiger partial charge >= 0.3 is 0 Å². The highest BCUT2D eigenvalue weighted by atomic mass is 79.9. The van der Waals surface area contributed by atoms with Gasteiger partial charge in [-0.25, -0.2) is 0 Å². The van der Waals surface area contributed by atoms with E-state index in [2.05, 4.69) is 52.7 Å². The summed E-state index contributed by atoms with van der Waals surface area (Å²) >= 11 is 3.62. The molecule has 1 atom stereocenters. The van der Waals surface area contributed by atoms with E-state index in [0.29, 0.717) is 6.04 Å². The monoisotopic (exact) mass is 297 g/mol. The van der Waals surface area contributed by atoms with Crippen LogP contribution in [0.5, 0.6) is 0 Å². The van der Waals surface area contributed by atoms with Crippen molar-refractivity contribution in [3.05, 3.63) is 22.2 Å². The maximum absolute atomic E-state index is 5.92. The third kappa shape index (κ3) is 2.58. The highest BCUT2D eigenvalue weighted by Gasteiger charge is 2.23. The lowest BCUT2D eigenvalue weighted by atomic mass is 10.1. The Labute approximate surface area is 112 Å². The van der Waals surface area contributed by atoms with E-state index >= 15 is 0 Å². The number of nitrogens with two attached hydrogens (primary N) is 1. The molecule has 1 aromatic rings. The van der Waals surface area contributed by atoms with Gasteiger partial charge in [0.15, 0.2) is 0 Å². The number of piperazine rings is 1. The number of anilines is 2. The lowest BCUT2D eigenvalue weighted by molar-refractivity contribution is 0.275. The zero-order valence-electron chi connectivity index (χ0n) is 10.7. The molecule has 17 heavy (non-hydrogen) atoms. The summed E-state index contributed by atoms with van der Waals surface area (Å²) in [6.07, 6.45) is 0. The van der Waals surface area contributed by atoms with Crippen LogP contribution in [0.25, 0.3) is 0 Å². The van der Waals surface area contributed by atoms with Crippen molar-refractivity contribution >= 4 is 27.3 Å². The fourth-order valence-corrected chi connectivity index (χ4v) is 2.99. The summed E-state index contributed by atoms with van der Waals surface area (Å²) < 4.78 is 1.09. The Kier molecular flexibility index (Phi) is 3.64. The number of benzene rings is 1. The van der Waals surface area contributed by atoms with Crippen molar-refractivity contribution in [2.24, 2.45) is 0 Å². The Balaban J connectivity index is 2.31. The Morgan fingerprint density at radius 1 is 1.35 bits per heavy atom. The predicted molar refractivity (Wildman–Crippen MR) is 77.6 cm³/mol. The van der Waals surface area contributed by atoms with Gasteiger partial charge in [-0.2, -0.15) is 0 Å². The van der Waals surface area contributed by atoms with E-state index in [9.17, 15) is 0 Å². The molecule has 0 amide bonds. The van der Waals surface area contributed by atoms with Gasteiger partial charge in [0.25, 0.3) is 0 Å². The highest BCUT2D eigenvalue weighted by molar-refractivity contribution is 9.10. The topological polar surface area (TPSA) is 32.5 Å². The van der Waals surface area contributed by atoms with Crippen molar-refractivity contribution in [3.63, 3.8) is 0 Å². The molecule has 0 saturated carbocycles. The van der Waals surface area contributed by atoms with Crippen molar-refractivity contribution in [3.8, 4) is 0 Å². The first-order valence-corrected chi connectivity index (χ1v) is 6.79. The number of halogens is 1. The largest absolute Gasteiger partial charge is 0.398 e. The van der Waals surface area contributed by atoms with Crippen LogP contribution in [0.15, 0.2) is 16.6 Å². The number of likely N-dealkylation sites (N-methyl/N-ethyl adjacent to an activating group) is 1. The van der Waals surface area contributed by atoms with Crippen molar-refractivity contribution in [2.75, 3.05) is 37.3 Å². The van der Waals surface area contributed by atoms with Gasteiger partial charge in [-0.05, 0) is 54.5 Å². The number of nitrogen functional groups attached to an aromatic ring is 1. The minimum Gasteiger partial charge on any atom is -0.398 e. The van der Waals surface area contributed by atoms with Crippen LogP contribution in [0.2, 0.25) is 0 Å². The summed E-state index contributed by atoms with van der Waals surface area (Å²) in [7, 11) is 2.18. The van der Waals surface area contributed by atoms with Gasteiger partial charge in [-0.15, -0.1) is 0 Å². The number of rotatable bonds is 1. The second kappa shape index (κ2) is 4.86. The van der Waals surface area contributed by atoms with Gasteiger partial charge in [0.2, 0.25) is 0 Å². The van der Waals surface area contributed by atoms with Crippen LogP contribution in [0.3, 0.4) is 0 Å². The number of aryl methyl sites for hydroxylation is 1. The molecule has 0 bridgehead atoms. The summed E-state index contributed by atoms with van der Waals surface area (Å²) in [5.41, 5.74) is 9.18. The molecule has 1 aliphatic rings. The van der Waals surface area contributed by atoms with Gasteiger partial charge in [-0.1, -0.05) is 0 Å². The molecule has 1 aliphatic heterocycles. The summed E-state index contributed by atoms with van der Waals surface area (Å²) in [6, 6.07) is 4.73. The molecule has 3 nitrogen and oxygen atoms in total. The van der Waals surface area contributed by atoms with Crippen molar-refractivity contribution < 1.29 is 0 Å². The third-order valence-corrected chi connectivity index (χ3v) is 4.11. The molecular formula is C13H20BrN3. The summed E-state index contributed by atoms with van der Waals surface area (Å²) in [4.78, 5) is 4.83. The van der Waals surface area contributed by atoms with E-state index in [4.69, 9.17) is 5.73 Å². The Hall–Kier alpha value is -0.740. The summed E-state index contributed by atoms with van der Waals surface area (Å²) in [5.74, 6) is 0. The molecule has 1 fully saturated rings. The van der Waals surface area contributed by atoms with E-state index in [-0.39, 0.29) is 0 Å². The number of nitrogens with zero attached hydrogens (tertiary/aromatic N) is 2. The first kappa shape index (κ1) is 12.7. The van der Waals surface area contributed by atoms with Crippen LogP contribution < -0.4 is 10.6 Å².